The average molecular weight is 473 g/mol. The third-order valence-corrected chi connectivity index (χ3v) is 9.39. The van der Waals surface area contributed by atoms with Gasteiger partial charge in [0.1, 0.15) is 17.3 Å². The van der Waals surface area contributed by atoms with Gasteiger partial charge in [-0.1, -0.05) is 18.2 Å². The second-order valence-electron chi connectivity index (χ2n) is 11.4. The van der Waals surface area contributed by atoms with Crippen LogP contribution in [0.15, 0.2) is 23.8 Å². The molecule has 3 aliphatic heterocycles. The van der Waals surface area contributed by atoms with Crippen LogP contribution < -0.4 is 11.1 Å². The summed E-state index contributed by atoms with van der Waals surface area (Å²) >= 11 is 0. The lowest BCUT2D eigenvalue weighted by atomic mass is 9.60. The van der Waals surface area contributed by atoms with Crippen molar-refractivity contribution < 1.29 is 23.8 Å². The molecule has 3 saturated heterocycles. The van der Waals surface area contributed by atoms with Gasteiger partial charge in [0.15, 0.2) is 0 Å². The molecule has 3 N–H and O–H groups in total. The van der Waals surface area contributed by atoms with E-state index in [2.05, 4.69) is 24.4 Å². The Morgan fingerprint density at radius 2 is 2.03 bits per heavy atom. The predicted molar refractivity (Wildman–Crippen MR) is 127 cm³/mol. The average Bonchev–Trinajstić information content (AvgIpc) is 3.18. The highest BCUT2D eigenvalue weighted by Crippen LogP contribution is 2.59. The molecule has 0 radical (unpaired) electrons. The molecule has 5 aliphatic rings. The quantitative estimate of drug-likeness (QED) is 0.369. The van der Waals surface area contributed by atoms with E-state index in [-0.39, 0.29) is 36.2 Å². The van der Waals surface area contributed by atoms with Gasteiger partial charge in [-0.2, -0.15) is 0 Å². The molecule has 0 amide bonds. The lowest BCUT2D eigenvalue weighted by molar-refractivity contribution is -0.225. The molecule has 0 aromatic rings. The zero-order chi connectivity index (χ0) is 24.1. The summed E-state index contributed by atoms with van der Waals surface area (Å²) in [5.41, 5.74) is 5.54. The molecule has 6 unspecified atom stereocenters. The van der Waals surface area contributed by atoms with E-state index >= 15 is 0 Å². The Balaban J connectivity index is 1.49. The van der Waals surface area contributed by atoms with Crippen molar-refractivity contribution in [3.8, 4) is 0 Å². The molecule has 3 heterocycles. The molecule has 1 saturated carbocycles. The summed E-state index contributed by atoms with van der Waals surface area (Å²) in [4.78, 5) is 25.0. The minimum absolute atomic E-state index is 0.0115. The minimum Gasteiger partial charge on any atom is -0.462 e. The predicted octanol–water partition coefficient (Wildman–Crippen LogP) is 3.37. The molecule has 7 nitrogen and oxygen atoms in total. The molecule has 0 bridgehead atoms. The van der Waals surface area contributed by atoms with Gasteiger partial charge in [-0.15, -0.1) is 0 Å². The highest BCUT2D eigenvalue weighted by atomic mass is 16.6. The van der Waals surface area contributed by atoms with Crippen molar-refractivity contribution in [2.24, 2.45) is 29.4 Å². The van der Waals surface area contributed by atoms with Gasteiger partial charge in [0.05, 0.1) is 12.3 Å². The summed E-state index contributed by atoms with van der Waals surface area (Å²) in [5, 5.41) is 3.36. The number of hydrogen-bond acceptors (Lipinski definition) is 7. The molecule has 1 spiro atoms. The van der Waals surface area contributed by atoms with Crippen LogP contribution in [0.25, 0.3) is 0 Å². The highest BCUT2D eigenvalue weighted by Gasteiger charge is 2.65. The fourth-order valence-corrected chi connectivity index (χ4v) is 7.40. The maximum absolute atomic E-state index is 13.0. The Hall–Kier alpha value is -1.70. The van der Waals surface area contributed by atoms with Crippen LogP contribution in [0.4, 0.5) is 0 Å². The number of carbonyl (C=O) groups excluding carboxylic acids is 2. The standard InChI is InChI=1S/C27H40N2O5/c1-4-16(2)25(31)34-26(3)10-5-6-20(17-9-11-29-23(28)13-17)27(26)15-19-12-18-7-8-24(30)32-21(18)14-22(19)33-27/h4-6,17-23,29H,7-15,28H2,1-3H3/t17?,18?,19?,20-,21?,22?,23?,26-,27-/m0/s1. The molecule has 7 heteroatoms. The first-order valence-corrected chi connectivity index (χ1v) is 13.1. The largest absolute Gasteiger partial charge is 0.462 e. The summed E-state index contributed by atoms with van der Waals surface area (Å²) in [7, 11) is 0. The van der Waals surface area contributed by atoms with Crippen LogP contribution in [0.5, 0.6) is 0 Å². The second kappa shape index (κ2) is 9.07. The Bertz CT molecular complexity index is 886. The summed E-state index contributed by atoms with van der Waals surface area (Å²) in [5.74, 6) is 0.892. The molecular formula is C27H40N2O5. The third kappa shape index (κ3) is 4.03. The molecule has 34 heavy (non-hydrogen) atoms. The van der Waals surface area contributed by atoms with Crippen LogP contribution in [0, 0.1) is 23.7 Å². The van der Waals surface area contributed by atoms with E-state index in [1.54, 1.807) is 13.0 Å². The van der Waals surface area contributed by atoms with Crippen molar-refractivity contribution in [2.45, 2.75) is 102 Å². The molecule has 5 rings (SSSR count). The van der Waals surface area contributed by atoms with E-state index in [1.165, 1.54) is 0 Å². The van der Waals surface area contributed by atoms with E-state index in [9.17, 15) is 9.59 Å². The normalized spacial score (nSPS) is 46.5. The molecule has 0 aromatic heterocycles. The fraction of sp³-hybridized carbons (Fsp3) is 0.778. The minimum atomic E-state index is -0.776. The van der Waals surface area contributed by atoms with E-state index in [0.29, 0.717) is 36.2 Å². The van der Waals surface area contributed by atoms with Gasteiger partial charge >= 0.3 is 11.9 Å². The van der Waals surface area contributed by atoms with Crippen molar-refractivity contribution in [1.29, 1.82) is 0 Å². The number of ether oxygens (including phenoxy) is 3. The smallest absolute Gasteiger partial charge is 0.334 e. The lowest BCUT2D eigenvalue weighted by Gasteiger charge is -2.53. The first-order chi connectivity index (χ1) is 16.2. The molecule has 188 valence electrons. The van der Waals surface area contributed by atoms with E-state index in [4.69, 9.17) is 19.9 Å². The summed E-state index contributed by atoms with van der Waals surface area (Å²) < 4.78 is 19.2. The van der Waals surface area contributed by atoms with Gasteiger partial charge < -0.3 is 25.3 Å². The lowest BCUT2D eigenvalue weighted by Crippen LogP contribution is -2.63. The highest BCUT2D eigenvalue weighted by molar-refractivity contribution is 5.88. The monoisotopic (exact) mass is 472 g/mol. The summed E-state index contributed by atoms with van der Waals surface area (Å²) in [6.07, 6.45) is 12.8. The molecule has 2 aliphatic carbocycles. The van der Waals surface area contributed by atoms with Crippen molar-refractivity contribution in [3.63, 3.8) is 0 Å². The SMILES string of the molecule is CC=C(C)C(=O)O[C@@]1(C)CC=C[C@@H](C2CCNC(N)C2)[C@@]12CC1CC3CCC(=O)OC3CC1O2. The number of nitrogens with one attached hydrogen (secondary N) is 1. The van der Waals surface area contributed by atoms with Crippen LogP contribution in [0.1, 0.15) is 72.1 Å². The number of allylic oxidation sites excluding steroid dienone is 1. The number of rotatable bonds is 3. The molecule has 4 fully saturated rings. The van der Waals surface area contributed by atoms with Crippen LogP contribution in [0.3, 0.4) is 0 Å². The van der Waals surface area contributed by atoms with E-state index in [1.807, 2.05) is 6.92 Å². The first-order valence-electron chi connectivity index (χ1n) is 13.1. The van der Waals surface area contributed by atoms with Gasteiger partial charge in [-0.25, -0.2) is 4.79 Å². The zero-order valence-electron chi connectivity index (χ0n) is 20.8. The van der Waals surface area contributed by atoms with Gasteiger partial charge in [0.25, 0.3) is 0 Å². The Kier molecular flexibility index (Phi) is 6.40. The molecule has 0 aromatic carbocycles. The van der Waals surface area contributed by atoms with E-state index in [0.717, 1.165) is 45.1 Å². The molecular weight excluding hydrogens is 432 g/mol. The number of nitrogens with two attached hydrogens (primary N) is 1. The topological polar surface area (TPSA) is 99.9 Å². The number of fused-ring (bicyclic) bond motifs is 2. The Morgan fingerprint density at radius 3 is 2.79 bits per heavy atom. The number of hydrogen-bond donors (Lipinski definition) is 2. The maximum Gasteiger partial charge on any atom is 0.334 e. The van der Waals surface area contributed by atoms with Gasteiger partial charge in [-0.3, -0.25) is 4.79 Å². The van der Waals surface area contributed by atoms with Gasteiger partial charge in [0.2, 0.25) is 0 Å². The van der Waals surface area contributed by atoms with Crippen molar-refractivity contribution in [1.82, 2.24) is 5.32 Å². The van der Waals surface area contributed by atoms with Crippen molar-refractivity contribution in [2.75, 3.05) is 6.54 Å². The van der Waals surface area contributed by atoms with Gasteiger partial charge in [0, 0.05) is 30.8 Å². The van der Waals surface area contributed by atoms with Gasteiger partial charge in [-0.05, 0) is 77.2 Å². The Labute approximate surface area is 202 Å². The number of carbonyl (C=O) groups is 2. The first kappa shape index (κ1) is 24.0. The molecule has 9 atom stereocenters. The van der Waals surface area contributed by atoms with Crippen LogP contribution in [-0.4, -0.2) is 48.1 Å². The number of piperidine rings is 1. The maximum atomic E-state index is 13.0. The van der Waals surface area contributed by atoms with Crippen LogP contribution in [-0.2, 0) is 23.8 Å². The van der Waals surface area contributed by atoms with E-state index < -0.39 is 11.2 Å². The third-order valence-electron chi connectivity index (χ3n) is 9.39. The second-order valence-corrected chi connectivity index (χ2v) is 11.4. The summed E-state index contributed by atoms with van der Waals surface area (Å²) in [6.45, 7) is 6.61. The van der Waals surface area contributed by atoms with Crippen molar-refractivity contribution in [3.05, 3.63) is 23.8 Å². The van der Waals surface area contributed by atoms with Crippen LogP contribution >= 0.6 is 0 Å². The number of esters is 2. The fourth-order valence-electron chi connectivity index (χ4n) is 7.40. The summed E-state index contributed by atoms with van der Waals surface area (Å²) in [6, 6.07) is 0. The Morgan fingerprint density at radius 1 is 1.21 bits per heavy atom. The zero-order valence-corrected chi connectivity index (χ0v) is 20.8. The van der Waals surface area contributed by atoms with Crippen LogP contribution in [0.2, 0.25) is 0 Å². The van der Waals surface area contributed by atoms with Crippen molar-refractivity contribution >= 4 is 11.9 Å².